The van der Waals surface area contributed by atoms with Crippen molar-refractivity contribution in [1.82, 2.24) is 15.0 Å². The zero-order valence-corrected chi connectivity index (χ0v) is 16.8. The molecule has 1 saturated heterocycles. The highest BCUT2D eigenvalue weighted by Gasteiger charge is 2.34. The number of carbonyl (C=O) groups is 1. The van der Waals surface area contributed by atoms with Gasteiger partial charge < -0.3 is 19.5 Å². The van der Waals surface area contributed by atoms with Crippen LogP contribution in [0.3, 0.4) is 0 Å². The van der Waals surface area contributed by atoms with E-state index in [4.69, 9.17) is 9.26 Å². The van der Waals surface area contributed by atoms with Crippen LogP contribution in [0.4, 0.5) is 10.5 Å². The Morgan fingerprint density at radius 3 is 2.86 bits per heavy atom. The van der Waals surface area contributed by atoms with Crippen LogP contribution in [0.1, 0.15) is 35.9 Å². The summed E-state index contributed by atoms with van der Waals surface area (Å²) in [5, 5.41) is 7.09. The maximum Gasteiger partial charge on any atom is 0.322 e. The van der Waals surface area contributed by atoms with Crippen molar-refractivity contribution < 1.29 is 14.1 Å². The number of rotatable bonds is 4. The first-order valence-corrected chi connectivity index (χ1v) is 9.68. The standard InChI is InChI=1S/C22H24N4O3/c1-14-9-10-17(12-15(14)2)23-22(27)26-11-5-8-19(26)21-24-20(25-29-21)16-6-4-7-18(13-16)28-3/h4,6-7,9-10,12-13,19H,5,8,11H2,1-3H3,(H,23,27)/t19-/m0/s1. The van der Waals surface area contributed by atoms with Crippen LogP contribution in [-0.4, -0.2) is 34.7 Å². The highest BCUT2D eigenvalue weighted by molar-refractivity contribution is 5.89. The second-order valence-electron chi connectivity index (χ2n) is 7.27. The molecule has 29 heavy (non-hydrogen) atoms. The number of urea groups is 1. The lowest BCUT2D eigenvalue weighted by Gasteiger charge is -2.22. The minimum absolute atomic E-state index is 0.156. The Kier molecular flexibility index (Phi) is 5.20. The summed E-state index contributed by atoms with van der Waals surface area (Å²) in [5.74, 6) is 1.67. The van der Waals surface area contributed by atoms with Crippen LogP contribution in [0.15, 0.2) is 47.0 Å². The minimum atomic E-state index is -0.228. The number of carbonyl (C=O) groups excluding carboxylic acids is 1. The predicted molar refractivity (Wildman–Crippen MR) is 110 cm³/mol. The highest BCUT2D eigenvalue weighted by atomic mass is 16.5. The molecule has 1 aromatic heterocycles. The van der Waals surface area contributed by atoms with E-state index in [0.717, 1.165) is 35.4 Å². The molecule has 4 rings (SSSR count). The molecule has 0 aliphatic carbocycles. The zero-order chi connectivity index (χ0) is 20.4. The molecule has 0 unspecified atom stereocenters. The molecule has 0 radical (unpaired) electrons. The summed E-state index contributed by atoms with van der Waals surface area (Å²) in [6.45, 7) is 4.73. The summed E-state index contributed by atoms with van der Waals surface area (Å²) in [7, 11) is 1.62. The number of nitrogens with one attached hydrogen (secondary N) is 1. The molecule has 1 atom stereocenters. The van der Waals surface area contributed by atoms with Crippen molar-refractivity contribution in [1.29, 1.82) is 0 Å². The Morgan fingerprint density at radius 2 is 2.07 bits per heavy atom. The summed E-state index contributed by atoms with van der Waals surface area (Å²) >= 11 is 0. The minimum Gasteiger partial charge on any atom is -0.497 e. The average Bonchev–Trinajstić information content (AvgIpc) is 3.40. The molecule has 7 nitrogen and oxygen atoms in total. The van der Waals surface area contributed by atoms with E-state index in [1.54, 1.807) is 12.0 Å². The van der Waals surface area contributed by atoms with Gasteiger partial charge in [-0.05, 0) is 62.1 Å². The van der Waals surface area contributed by atoms with E-state index in [1.807, 2.05) is 56.3 Å². The Bertz CT molecular complexity index is 1030. The van der Waals surface area contributed by atoms with Gasteiger partial charge in [0.1, 0.15) is 11.8 Å². The molecule has 2 heterocycles. The fraction of sp³-hybridized carbons (Fsp3) is 0.318. The van der Waals surface area contributed by atoms with Crippen molar-refractivity contribution >= 4 is 11.7 Å². The number of amides is 2. The van der Waals surface area contributed by atoms with Gasteiger partial charge >= 0.3 is 6.03 Å². The Morgan fingerprint density at radius 1 is 1.21 bits per heavy atom. The first kappa shape index (κ1) is 19.0. The molecule has 1 N–H and O–H groups in total. The van der Waals surface area contributed by atoms with Crippen LogP contribution in [0.2, 0.25) is 0 Å². The van der Waals surface area contributed by atoms with Crippen LogP contribution >= 0.6 is 0 Å². The van der Waals surface area contributed by atoms with Gasteiger partial charge in [-0.25, -0.2) is 4.79 Å². The van der Waals surface area contributed by atoms with Gasteiger partial charge in [-0.2, -0.15) is 4.98 Å². The monoisotopic (exact) mass is 392 g/mol. The number of methoxy groups -OCH3 is 1. The van der Waals surface area contributed by atoms with Crippen molar-refractivity contribution in [2.45, 2.75) is 32.7 Å². The van der Waals surface area contributed by atoms with E-state index in [0.29, 0.717) is 18.3 Å². The molecular weight excluding hydrogens is 368 g/mol. The van der Waals surface area contributed by atoms with Crippen LogP contribution in [-0.2, 0) is 0 Å². The third-order valence-corrected chi connectivity index (χ3v) is 5.33. The summed E-state index contributed by atoms with van der Waals surface area (Å²) in [5.41, 5.74) is 3.92. The molecule has 1 aliphatic rings. The van der Waals surface area contributed by atoms with Crippen LogP contribution in [0.5, 0.6) is 5.75 Å². The van der Waals surface area contributed by atoms with E-state index in [-0.39, 0.29) is 12.1 Å². The zero-order valence-electron chi connectivity index (χ0n) is 16.8. The average molecular weight is 392 g/mol. The van der Waals surface area contributed by atoms with Gasteiger partial charge in [0.05, 0.1) is 7.11 Å². The molecule has 2 amide bonds. The Hall–Kier alpha value is -3.35. The lowest BCUT2D eigenvalue weighted by molar-refractivity contribution is 0.193. The largest absolute Gasteiger partial charge is 0.497 e. The van der Waals surface area contributed by atoms with Gasteiger partial charge in [-0.3, -0.25) is 0 Å². The molecule has 1 fully saturated rings. The molecule has 150 valence electrons. The van der Waals surface area contributed by atoms with Crippen molar-refractivity contribution in [3.8, 4) is 17.1 Å². The van der Waals surface area contributed by atoms with Gasteiger partial charge in [0.15, 0.2) is 0 Å². The molecule has 3 aromatic rings. The molecular formula is C22H24N4O3. The van der Waals surface area contributed by atoms with E-state index in [1.165, 1.54) is 5.56 Å². The highest BCUT2D eigenvalue weighted by Crippen LogP contribution is 2.33. The predicted octanol–water partition coefficient (Wildman–Crippen LogP) is 4.73. The fourth-order valence-electron chi connectivity index (χ4n) is 3.53. The first-order chi connectivity index (χ1) is 14.0. The van der Waals surface area contributed by atoms with Gasteiger partial charge in [0, 0.05) is 17.8 Å². The molecule has 1 aliphatic heterocycles. The number of benzene rings is 2. The van der Waals surface area contributed by atoms with Crippen LogP contribution < -0.4 is 10.1 Å². The Labute approximate surface area is 169 Å². The molecule has 7 heteroatoms. The number of nitrogens with zero attached hydrogens (tertiary/aromatic N) is 3. The summed E-state index contributed by atoms with van der Waals surface area (Å²) in [6, 6.07) is 13.0. The summed E-state index contributed by atoms with van der Waals surface area (Å²) in [6.07, 6.45) is 1.68. The second kappa shape index (κ2) is 7.95. The van der Waals surface area contributed by atoms with Gasteiger partial charge in [-0.15, -0.1) is 0 Å². The lowest BCUT2D eigenvalue weighted by Crippen LogP contribution is -2.34. The topological polar surface area (TPSA) is 80.5 Å². The van der Waals surface area contributed by atoms with Crippen LogP contribution in [0.25, 0.3) is 11.4 Å². The third kappa shape index (κ3) is 3.94. The van der Waals surface area contributed by atoms with E-state index >= 15 is 0 Å². The first-order valence-electron chi connectivity index (χ1n) is 9.68. The fourth-order valence-corrected chi connectivity index (χ4v) is 3.53. The summed E-state index contributed by atoms with van der Waals surface area (Å²) in [4.78, 5) is 19.2. The number of ether oxygens (including phenoxy) is 1. The number of aryl methyl sites for hydroxylation is 2. The molecule has 0 spiro atoms. The second-order valence-corrected chi connectivity index (χ2v) is 7.27. The molecule has 2 aromatic carbocycles. The number of hydrogen-bond acceptors (Lipinski definition) is 5. The number of aromatic nitrogens is 2. The van der Waals surface area contributed by atoms with E-state index < -0.39 is 0 Å². The van der Waals surface area contributed by atoms with Crippen molar-refractivity contribution in [3.05, 3.63) is 59.5 Å². The molecule has 0 saturated carbocycles. The number of hydrogen-bond donors (Lipinski definition) is 1. The van der Waals surface area contributed by atoms with Gasteiger partial charge in [-0.1, -0.05) is 23.4 Å². The SMILES string of the molecule is COc1cccc(-c2noc([C@@H]3CCCN3C(=O)Nc3ccc(C)c(C)c3)n2)c1. The third-order valence-electron chi connectivity index (χ3n) is 5.33. The summed E-state index contributed by atoms with van der Waals surface area (Å²) < 4.78 is 10.8. The van der Waals surface area contributed by atoms with Crippen molar-refractivity contribution in [3.63, 3.8) is 0 Å². The van der Waals surface area contributed by atoms with Crippen molar-refractivity contribution in [2.75, 3.05) is 19.0 Å². The van der Waals surface area contributed by atoms with E-state index in [2.05, 4.69) is 15.5 Å². The smallest absolute Gasteiger partial charge is 0.322 e. The van der Waals surface area contributed by atoms with E-state index in [9.17, 15) is 4.79 Å². The Balaban J connectivity index is 1.51. The maximum atomic E-state index is 12.9. The van der Waals surface area contributed by atoms with Crippen LogP contribution in [0, 0.1) is 13.8 Å². The number of likely N-dealkylation sites (tertiary alicyclic amines) is 1. The quantitative estimate of drug-likeness (QED) is 0.694. The lowest BCUT2D eigenvalue weighted by atomic mass is 10.1. The molecule has 0 bridgehead atoms. The maximum absolute atomic E-state index is 12.9. The van der Waals surface area contributed by atoms with Gasteiger partial charge in [0.25, 0.3) is 0 Å². The number of anilines is 1. The van der Waals surface area contributed by atoms with Crippen molar-refractivity contribution in [2.24, 2.45) is 0 Å². The van der Waals surface area contributed by atoms with Gasteiger partial charge in [0.2, 0.25) is 11.7 Å². The normalized spacial score (nSPS) is 16.1.